The fourth-order valence-corrected chi connectivity index (χ4v) is 4.86. The van der Waals surface area contributed by atoms with E-state index in [1.54, 1.807) is 24.9 Å². The Morgan fingerprint density at radius 3 is 2.76 bits per heavy atom. The summed E-state index contributed by atoms with van der Waals surface area (Å²) < 4.78 is 11.0. The zero-order valence-corrected chi connectivity index (χ0v) is 23.5. The van der Waals surface area contributed by atoms with Crippen molar-refractivity contribution in [2.24, 2.45) is 0 Å². The number of benzene rings is 2. The van der Waals surface area contributed by atoms with Crippen molar-refractivity contribution >= 4 is 29.2 Å². The number of allylic oxidation sites excluding steroid dienone is 1. The highest BCUT2D eigenvalue weighted by Crippen LogP contribution is 2.38. The molecule has 2 aromatic rings. The number of rotatable bonds is 11. The highest BCUT2D eigenvalue weighted by atomic mass is 35.5. The van der Waals surface area contributed by atoms with E-state index in [0.717, 1.165) is 55.2 Å². The topological polar surface area (TPSA) is 79.3 Å². The minimum Gasteiger partial charge on any atom is -0.491 e. The van der Waals surface area contributed by atoms with Gasteiger partial charge in [0, 0.05) is 44.5 Å². The molecule has 1 aliphatic rings. The predicted molar refractivity (Wildman–Crippen MR) is 151 cm³/mol. The normalized spacial score (nSPS) is 15.9. The van der Waals surface area contributed by atoms with Crippen LogP contribution in [0.5, 0.6) is 5.75 Å². The van der Waals surface area contributed by atoms with Crippen molar-refractivity contribution in [3.8, 4) is 5.75 Å². The highest BCUT2D eigenvalue weighted by molar-refractivity contribution is 6.30. The molecule has 0 aromatic heterocycles. The maximum atomic E-state index is 12.0. The second-order valence-corrected chi connectivity index (χ2v) is 10.1. The molecule has 0 spiro atoms. The Hall–Kier alpha value is -3.03. The summed E-state index contributed by atoms with van der Waals surface area (Å²) in [6, 6.07) is 11.4. The van der Waals surface area contributed by atoms with Gasteiger partial charge in [0.25, 0.3) is 0 Å². The number of carbonyl (C=O) groups is 2. The molecule has 1 N–H and O–H groups in total. The second-order valence-electron chi connectivity index (χ2n) is 9.71. The first-order valence-electron chi connectivity index (χ1n) is 13.2. The van der Waals surface area contributed by atoms with Crippen LogP contribution in [-0.2, 0) is 20.7 Å². The van der Waals surface area contributed by atoms with Gasteiger partial charge in [0.2, 0.25) is 5.91 Å². The number of nitrogens with zero attached hydrogens (tertiary/aromatic N) is 2. The number of hydrogen-bond donors (Lipinski definition) is 1. The van der Waals surface area contributed by atoms with Gasteiger partial charge in [-0.3, -0.25) is 4.79 Å². The first-order valence-corrected chi connectivity index (χ1v) is 13.6. The number of aryl methyl sites for hydroxylation is 1. The Balaban J connectivity index is 1.85. The van der Waals surface area contributed by atoms with Gasteiger partial charge < -0.3 is 24.4 Å². The number of aliphatic hydroxyl groups excluding tert-OH is 1. The van der Waals surface area contributed by atoms with Crippen molar-refractivity contribution in [2.75, 3.05) is 45.3 Å². The summed E-state index contributed by atoms with van der Waals surface area (Å²) in [7, 11) is 3.04. The summed E-state index contributed by atoms with van der Waals surface area (Å²) in [5, 5.41) is 11.2. The van der Waals surface area contributed by atoms with E-state index >= 15 is 0 Å². The lowest BCUT2D eigenvalue weighted by molar-refractivity contribution is -0.150. The van der Waals surface area contributed by atoms with Crippen LogP contribution in [-0.4, -0.2) is 62.3 Å². The number of anilines is 1. The van der Waals surface area contributed by atoms with Gasteiger partial charge in [0.15, 0.2) is 6.10 Å². The first-order chi connectivity index (χ1) is 18.2. The van der Waals surface area contributed by atoms with Crippen molar-refractivity contribution in [3.63, 3.8) is 0 Å². The Bertz CT molecular complexity index is 1140. The number of unbranched alkanes of at least 4 members (excludes halogenated alkanes) is 1. The molecule has 2 aromatic carbocycles. The van der Waals surface area contributed by atoms with Crippen LogP contribution in [0.4, 0.5) is 5.69 Å². The number of carbonyl (C=O) groups excluding carboxylic acids is 2. The van der Waals surface area contributed by atoms with E-state index in [4.69, 9.17) is 21.1 Å². The van der Waals surface area contributed by atoms with E-state index in [9.17, 15) is 14.7 Å². The number of amides is 1. The monoisotopic (exact) mass is 542 g/mol. The summed E-state index contributed by atoms with van der Waals surface area (Å²) >= 11 is 6.33. The number of halogens is 1. The van der Waals surface area contributed by atoms with Crippen molar-refractivity contribution in [2.45, 2.75) is 51.6 Å². The molecule has 38 heavy (non-hydrogen) atoms. The van der Waals surface area contributed by atoms with Gasteiger partial charge in [0.1, 0.15) is 5.75 Å². The Morgan fingerprint density at radius 1 is 1.26 bits per heavy atom. The average molecular weight is 543 g/mol. The molecule has 0 saturated heterocycles. The maximum Gasteiger partial charge on any atom is 0.339 e. The van der Waals surface area contributed by atoms with Crippen LogP contribution in [0.3, 0.4) is 0 Å². The molecular weight excluding hydrogens is 504 g/mol. The molecular formula is C30H39ClN2O5. The summed E-state index contributed by atoms with van der Waals surface area (Å²) in [6.07, 6.45) is 6.45. The first kappa shape index (κ1) is 29.5. The SMILES string of the molecule is CCCc1cc(Cl)ccc1C1COc2ccc(C(O)C(=O)OC)cc2N(CCC/C=C/CN(C)C(C)=O)C1. The summed E-state index contributed by atoms with van der Waals surface area (Å²) in [5.74, 6) is 0.180. The zero-order chi connectivity index (χ0) is 27.7. The minimum absolute atomic E-state index is 0.0384. The summed E-state index contributed by atoms with van der Waals surface area (Å²) in [6.45, 7) is 6.29. The van der Waals surface area contributed by atoms with E-state index in [2.05, 4.69) is 30.0 Å². The molecule has 206 valence electrons. The van der Waals surface area contributed by atoms with Crippen molar-refractivity contribution in [1.29, 1.82) is 0 Å². The highest BCUT2D eigenvalue weighted by Gasteiger charge is 2.28. The van der Waals surface area contributed by atoms with Gasteiger partial charge in [-0.1, -0.05) is 49.2 Å². The number of fused-ring (bicyclic) bond motifs is 1. The molecule has 1 heterocycles. The molecule has 7 nitrogen and oxygen atoms in total. The fraction of sp³-hybridized carbons (Fsp3) is 0.467. The number of aliphatic hydroxyl groups is 1. The molecule has 0 fully saturated rings. The fourth-order valence-electron chi connectivity index (χ4n) is 4.67. The van der Waals surface area contributed by atoms with E-state index in [0.29, 0.717) is 18.7 Å². The molecule has 0 radical (unpaired) electrons. The quantitative estimate of drug-likeness (QED) is 0.236. The Morgan fingerprint density at radius 2 is 2.05 bits per heavy atom. The summed E-state index contributed by atoms with van der Waals surface area (Å²) in [4.78, 5) is 27.3. The number of esters is 1. The molecule has 2 unspecified atom stereocenters. The summed E-state index contributed by atoms with van der Waals surface area (Å²) in [5.41, 5.74) is 3.78. The molecule has 1 amide bonds. The van der Waals surface area contributed by atoms with Crippen LogP contribution < -0.4 is 9.64 Å². The molecule has 2 atom stereocenters. The van der Waals surface area contributed by atoms with Crippen LogP contribution in [0.2, 0.25) is 5.02 Å². The number of likely N-dealkylation sites (N-methyl/N-ethyl adjacent to an activating group) is 1. The number of hydrogen-bond acceptors (Lipinski definition) is 6. The number of methoxy groups -OCH3 is 1. The lowest BCUT2D eigenvalue weighted by Crippen LogP contribution is -2.30. The van der Waals surface area contributed by atoms with Crippen LogP contribution in [0.1, 0.15) is 61.8 Å². The van der Waals surface area contributed by atoms with Crippen LogP contribution in [0, 0.1) is 0 Å². The Labute approximate surface area is 231 Å². The third-order valence-electron chi connectivity index (χ3n) is 6.89. The van der Waals surface area contributed by atoms with Gasteiger partial charge in [0.05, 0.1) is 19.4 Å². The van der Waals surface area contributed by atoms with Gasteiger partial charge in [-0.15, -0.1) is 0 Å². The van der Waals surface area contributed by atoms with Crippen LogP contribution in [0.25, 0.3) is 0 Å². The smallest absolute Gasteiger partial charge is 0.339 e. The van der Waals surface area contributed by atoms with Crippen molar-refractivity contribution < 1.29 is 24.2 Å². The molecule has 0 bridgehead atoms. The van der Waals surface area contributed by atoms with Gasteiger partial charge >= 0.3 is 5.97 Å². The van der Waals surface area contributed by atoms with Gasteiger partial charge in [-0.2, -0.15) is 0 Å². The van der Waals surface area contributed by atoms with Crippen LogP contribution >= 0.6 is 11.6 Å². The van der Waals surface area contributed by atoms with E-state index in [1.807, 2.05) is 24.3 Å². The maximum absolute atomic E-state index is 12.0. The van der Waals surface area contributed by atoms with Crippen molar-refractivity contribution in [3.05, 3.63) is 70.3 Å². The molecule has 3 rings (SSSR count). The second kappa shape index (κ2) is 14.2. The molecule has 0 aliphatic carbocycles. The largest absolute Gasteiger partial charge is 0.491 e. The van der Waals surface area contributed by atoms with E-state index < -0.39 is 12.1 Å². The predicted octanol–water partition coefficient (Wildman–Crippen LogP) is 5.30. The van der Waals surface area contributed by atoms with Crippen molar-refractivity contribution in [1.82, 2.24) is 4.90 Å². The van der Waals surface area contributed by atoms with Gasteiger partial charge in [-0.25, -0.2) is 4.79 Å². The lowest BCUT2D eigenvalue weighted by Gasteiger charge is -2.28. The molecule has 0 saturated carbocycles. The standard InChI is InChI=1S/C30H39ClN2O5/c1-5-10-22-17-25(31)12-13-26(22)24-19-33(16-9-7-6-8-15-32(3)21(2)34)27-18-23(29(35)30(36)37-4)11-14-28(27)38-20-24/h6,8,11-14,17-18,24,29,35H,5,7,9-10,15-16,19-20H2,1-4H3/b8-6+. The van der Waals surface area contributed by atoms with E-state index in [1.165, 1.54) is 18.2 Å². The number of ether oxygens (including phenoxy) is 2. The molecule has 1 aliphatic heterocycles. The zero-order valence-electron chi connectivity index (χ0n) is 22.8. The van der Waals surface area contributed by atoms with Crippen LogP contribution in [0.15, 0.2) is 48.6 Å². The molecule has 8 heteroatoms. The van der Waals surface area contributed by atoms with Gasteiger partial charge in [-0.05, 0) is 60.2 Å². The minimum atomic E-state index is -1.36. The average Bonchev–Trinajstić information content (AvgIpc) is 3.09. The Kier molecular flexibility index (Phi) is 11.0. The third kappa shape index (κ3) is 7.74. The lowest BCUT2D eigenvalue weighted by atomic mass is 9.92. The van der Waals surface area contributed by atoms with E-state index in [-0.39, 0.29) is 11.8 Å². The third-order valence-corrected chi connectivity index (χ3v) is 7.13.